The zero-order valence-corrected chi connectivity index (χ0v) is 22.1. The number of carbonyl (C=O) groups is 2. The van der Waals surface area contributed by atoms with Gasteiger partial charge in [-0.25, -0.2) is 9.78 Å². The number of carboxylic acid groups (broad SMARTS) is 1. The highest BCUT2D eigenvalue weighted by Crippen LogP contribution is 2.37. The molecule has 2 aromatic carbocycles. The van der Waals surface area contributed by atoms with E-state index >= 15 is 0 Å². The molecule has 0 saturated carbocycles. The van der Waals surface area contributed by atoms with Gasteiger partial charge in [-0.05, 0) is 36.0 Å². The van der Waals surface area contributed by atoms with Crippen molar-refractivity contribution in [1.29, 1.82) is 0 Å². The highest BCUT2D eigenvalue weighted by Gasteiger charge is 2.35. The molecule has 0 aliphatic heterocycles. The van der Waals surface area contributed by atoms with Gasteiger partial charge in [0.25, 0.3) is 0 Å². The summed E-state index contributed by atoms with van der Waals surface area (Å²) in [6, 6.07) is 17.0. The van der Waals surface area contributed by atoms with Crippen LogP contribution in [-0.2, 0) is 16.1 Å². The van der Waals surface area contributed by atoms with Gasteiger partial charge in [-0.3, -0.25) is 4.79 Å². The lowest BCUT2D eigenvalue weighted by molar-refractivity contribution is -0.144. The smallest absolute Gasteiger partial charge is 0.327 e. The molecule has 3 aromatic rings. The maximum Gasteiger partial charge on any atom is 0.327 e. The van der Waals surface area contributed by atoms with E-state index in [0.29, 0.717) is 24.7 Å². The molecule has 0 saturated heterocycles. The summed E-state index contributed by atoms with van der Waals surface area (Å²) in [5, 5.41) is 10.8. The summed E-state index contributed by atoms with van der Waals surface area (Å²) in [7, 11) is 0. The van der Waals surface area contributed by atoms with Crippen molar-refractivity contribution in [2.45, 2.75) is 71.1 Å². The summed E-state index contributed by atoms with van der Waals surface area (Å²) >= 11 is 1.56. The zero-order chi connectivity index (χ0) is 25.4. The van der Waals surface area contributed by atoms with Gasteiger partial charge in [0, 0.05) is 25.3 Å². The molecule has 0 bridgehead atoms. The monoisotopic (exact) mass is 495 g/mol. The number of thioether (sulfide) groups is 1. The van der Waals surface area contributed by atoms with Gasteiger partial charge in [0.15, 0.2) is 5.16 Å². The maximum atomic E-state index is 12.9. The fourth-order valence-corrected chi connectivity index (χ4v) is 5.20. The van der Waals surface area contributed by atoms with Crippen molar-refractivity contribution in [3.05, 3.63) is 60.2 Å². The summed E-state index contributed by atoms with van der Waals surface area (Å²) in [4.78, 5) is 31.9. The van der Waals surface area contributed by atoms with Crippen molar-refractivity contribution in [2.24, 2.45) is 5.41 Å². The minimum atomic E-state index is -0.863. The summed E-state index contributed by atoms with van der Waals surface area (Å²) < 4.78 is 1.87. The third-order valence-electron chi connectivity index (χ3n) is 5.99. The van der Waals surface area contributed by atoms with Crippen LogP contribution in [-0.4, -0.2) is 43.7 Å². The molecular formula is C28H37N3O3S. The second-order valence-electron chi connectivity index (χ2n) is 9.97. The second kappa shape index (κ2) is 12.2. The number of benzene rings is 2. The van der Waals surface area contributed by atoms with E-state index in [9.17, 15) is 14.7 Å². The van der Waals surface area contributed by atoms with E-state index in [2.05, 4.69) is 19.1 Å². The van der Waals surface area contributed by atoms with Crippen LogP contribution in [0.1, 0.15) is 65.0 Å². The molecule has 1 heterocycles. The first kappa shape index (κ1) is 26.8. The first-order valence-corrected chi connectivity index (χ1v) is 13.3. The molecule has 1 aromatic heterocycles. The van der Waals surface area contributed by atoms with E-state index in [4.69, 9.17) is 4.98 Å². The van der Waals surface area contributed by atoms with Crippen LogP contribution in [0.25, 0.3) is 11.0 Å². The number of unbranched alkanes of at least 4 members (excludes halogenated alkanes) is 1. The van der Waals surface area contributed by atoms with E-state index in [-0.39, 0.29) is 5.91 Å². The summed E-state index contributed by atoms with van der Waals surface area (Å²) in [5.74, 6) is 0.0660. The van der Waals surface area contributed by atoms with Gasteiger partial charge in [-0.1, -0.05) is 88.3 Å². The van der Waals surface area contributed by atoms with E-state index < -0.39 is 17.4 Å². The van der Waals surface area contributed by atoms with Gasteiger partial charge in [-0.2, -0.15) is 0 Å². The van der Waals surface area contributed by atoms with Gasteiger partial charge in [0.05, 0.1) is 11.0 Å². The molecule has 1 atom stereocenters. The Morgan fingerprint density at radius 1 is 1.06 bits per heavy atom. The molecule has 0 aliphatic rings. The van der Waals surface area contributed by atoms with E-state index in [0.717, 1.165) is 41.6 Å². The normalized spacial score (nSPS) is 12.6. The lowest BCUT2D eigenvalue weighted by atomic mass is 9.86. The standard InChI is InChI=1S/C28H37N3O3S/c1-5-6-17-24(32)30(20-21-13-8-7-9-14-21)18-12-19-35-27-29-22-15-10-11-16-23(22)31(27)25(26(33)34)28(2,3)4/h7-11,13-16,25H,5-6,12,17-20H2,1-4H3,(H,33,34). The minimum absolute atomic E-state index is 0.187. The van der Waals surface area contributed by atoms with Crippen molar-refractivity contribution in [1.82, 2.24) is 14.5 Å². The summed E-state index contributed by atoms with van der Waals surface area (Å²) in [6.45, 7) is 9.19. The molecule has 188 valence electrons. The van der Waals surface area contributed by atoms with Crippen molar-refractivity contribution < 1.29 is 14.7 Å². The molecule has 1 amide bonds. The van der Waals surface area contributed by atoms with Crippen molar-refractivity contribution in [3.8, 4) is 0 Å². The molecule has 1 N–H and O–H groups in total. The number of fused-ring (bicyclic) bond motifs is 1. The number of imidazole rings is 1. The Morgan fingerprint density at radius 3 is 2.40 bits per heavy atom. The molecule has 0 radical (unpaired) electrons. The van der Waals surface area contributed by atoms with Gasteiger partial charge in [-0.15, -0.1) is 0 Å². The third kappa shape index (κ3) is 7.10. The number of amides is 1. The number of aromatic nitrogens is 2. The highest BCUT2D eigenvalue weighted by atomic mass is 32.2. The van der Waals surface area contributed by atoms with E-state index in [1.807, 2.05) is 72.7 Å². The molecular weight excluding hydrogens is 458 g/mol. The van der Waals surface area contributed by atoms with Gasteiger partial charge in [0.2, 0.25) is 5.91 Å². The Bertz CT molecular complexity index is 1120. The lowest BCUT2D eigenvalue weighted by Gasteiger charge is -2.30. The van der Waals surface area contributed by atoms with Crippen LogP contribution >= 0.6 is 11.8 Å². The van der Waals surface area contributed by atoms with Crippen LogP contribution in [0, 0.1) is 5.41 Å². The van der Waals surface area contributed by atoms with E-state index in [1.165, 1.54) is 0 Å². The first-order chi connectivity index (χ1) is 16.7. The number of aliphatic carboxylic acids is 1. The molecule has 3 rings (SSSR count). The topological polar surface area (TPSA) is 75.4 Å². The van der Waals surface area contributed by atoms with Crippen molar-refractivity contribution in [3.63, 3.8) is 0 Å². The molecule has 6 nitrogen and oxygen atoms in total. The Hall–Kier alpha value is -2.80. The fourth-order valence-electron chi connectivity index (χ4n) is 4.24. The Kier molecular flexibility index (Phi) is 9.38. The van der Waals surface area contributed by atoms with Gasteiger partial charge >= 0.3 is 5.97 Å². The average molecular weight is 496 g/mol. The Labute approximate surface area is 212 Å². The largest absolute Gasteiger partial charge is 0.480 e. The number of nitrogens with zero attached hydrogens (tertiary/aromatic N) is 3. The quantitative estimate of drug-likeness (QED) is 0.232. The van der Waals surface area contributed by atoms with Crippen molar-refractivity contribution in [2.75, 3.05) is 12.3 Å². The van der Waals surface area contributed by atoms with E-state index in [1.54, 1.807) is 11.8 Å². The SMILES string of the molecule is CCCCC(=O)N(CCCSc1nc2ccccc2n1C(C(=O)O)C(C)(C)C)Cc1ccccc1. The number of hydrogen-bond acceptors (Lipinski definition) is 4. The first-order valence-electron chi connectivity index (χ1n) is 12.4. The van der Waals surface area contributed by atoms with Crippen molar-refractivity contribution >= 4 is 34.7 Å². The molecule has 0 aliphatic carbocycles. The predicted octanol–water partition coefficient (Wildman–Crippen LogP) is 6.41. The zero-order valence-electron chi connectivity index (χ0n) is 21.2. The number of hydrogen-bond donors (Lipinski definition) is 1. The summed E-state index contributed by atoms with van der Waals surface area (Å²) in [6.07, 6.45) is 3.26. The van der Waals surface area contributed by atoms with Crippen LogP contribution < -0.4 is 0 Å². The average Bonchev–Trinajstić information content (AvgIpc) is 3.16. The predicted molar refractivity (Wildman–Crippen MR) is 143 cm³/mol. The fraction of sp³-hybridized carbons (Fsp3) is 0.464. The van der Waals surface area contributed by atoms with Gasteiger partial charge < -0.3 is 14.6 Å². The van der Waals surface area contributed by atoms with Crippen LogP contribution in [0.2, 0.25) is 0 Å². The number of carbonyl (C=O) groups excluding carboxylic acids is 1. The minimum Gasteiger partial charge on any atom is -0.480 e. The second-order valence-corrected chi connectivity index (χ2v) is 11.0. The molecule has 0 fully saturated rings. The molecule has 0 spiro atoms. The summed E-state index contributed by atoms with van der Waals surface area (Å²) in [5.41, 5.74) is 2.27. The van der Waals surface area contributed by atoms with Gasteiger partial charge in [0.1, 0.15) is 6.04 Å². The molecule has 1 unspecified atom stereocenters. The Morgan fingerprint density at radius 2 is 1.74 bits per heavy atom. The highest BCUT2D eigenvalue weighted by molar-refractivity contribution is 7.99. The number of carboxylic acids is 1. The maximum absolute atomic E-state index is 12.9. The van der Waals surface area contributed by atoms with Crippen LogP contribution in [0.5, 0.6) is 0 Å². The van der Waals surface area contributed by atoms with Crippen LogP contribution in [0.15, 0.2) is 59.8 Å². The molecule has 35 heavy (non-hydrogen) atoms. The lowest BCUT2D eigenvalue weighted by Crippen LogP contribution is -2.32. The third-order valence-corrected chi connectivity index (χ3v) is 7.03. The Balaban J connectivity index is 1.74. The van der Waals surface area contributed by atoms with Crippen LogP contribution in [0.3, 0.4) is 0 Å². The number of para-hydroxylation sites is 2. The number of rotatable bonds is 12. The van der Waals surface area contributed by atoms with Crippen LogP contribution in [0.4, 0.5) is 0 Å². The molecule has 7 heteroatoms.